The van der Waals surface area contributed by atoms with E-state index in [4.69, 9.17) is 16.3 Å². The Kier molecular flexibility index (Phi) is 4.83. The largest absolute Gasteiger partial charge is 0.462 e. The lowest BCUT2D eigenvalue weighted by Gasteiger charge is -2.09. The average molecular weight is 358 g/mol. The number of aromatic nitrogens is 2. The normalized spacial score (nSPS) is 10.6. The maximum atomic E-state index is 11.6. The summed E-state index contributed by atoms with van der Waals surface area (Å²) in [5.74, 6) is 0.532. The van der Waals surface area contributed by atoms with Crippen LogP contribution in [-0.2, 0) is 11.3 Å². The van der Waals surface area contributed by atoms with E-state index >= 15 is 0 Å². The summed E-state index contributed by atoms with van der Waals surface area (Å²) in [7, 11) is 0. The first-order valence-corrected chi connectivity index (χ1v) is 7.33. The number of aryl methyl sites for hydroxylation is 1. The van der Waals surface area contributed by atoms with Gasteiger partial charge in [-0.2, -0.15) is 0 Å². The molecule has 6 heteroatoms. The third-order valence-corrected chi connectivity index (χ3v) is 3.59. The Bertz CT molecular complexity index is 640. The van der Waals surface area contributed by atoms with Crippen molar-refractivity contribution in [2.24, 2.45) is 0 Å². The molecule has 0 saturated heterocycles. The number of hydrogen-bond donors (Lipinski definition) is 0. The maximum absolute atomic E-state index is 11.6. The van der Waals surface area contributed by atoms with Crippen LogP contribution < -0.4 is 0 Å². The second kappa shape index (κ2) is 6.41. The fourth-order valence-corrected chi connectivity index (χ4v) is 2.57. The average Bonchev–Trinajstić information content (AvgIpc) is 2.70. The number of carbonyl (C=O) groups is 1. The van der Waals surface area contributed by atoms with Crippen molar-refractivity contribution in [2.45, 2.75) is 20.4 Å². The molecule has 2 aromatic rings. The van der Waals surface area contributed by atoms with Crippen LogP contribution >= 0.6 is 27.5 Å². The Morgan fingerprint density at radius 1 is 1.50 bits per heavy atom. The zero-order valence-electron chi connectivity index (χ0n) is 11.2. The van der Waals surface area contributed by atoms with Crippen molar-refractivity contribution >= 4 is 33.5 Å². The zero-order valence-corrected chi connectivity index (χ0v) is 13.5. The van der Waals surface area contributed by atoms with Crippen molar-refractivity contribution in [2.75, 3.05) is 6.61 Å². The van der Waals surface area contributed by atoms with Crippen molar-refractivity contribution in [3.05, 3.63) is 51.0 Å². The van der Waals surface area contributed by atoms with Crippen LogP contribution in [0.3, 0.4) is 0 Å². The molecule has 1 heterocycles. The highest BCUT2D eigenvalue weighted by atomic mass is 79.9. The SMILES string of the molecule is CCOC(=O)c1ccc(Cn2cc(Br)nc2C)c(Cl)c1. The number of rotatable bonds is 4. The van der Waals surface area contributed by atoms with Crippen LogP contribution in [0.2, 0.25) is 5.02 Å². The molecule has 20 heavy (non-hydrogen) atoms. The molecule has 0 fully saturated rings. The summed E-state index contributed by atoms with van der Waals surface area (Å²) in [5, 5.41) is 0.541. The monoisotopic (exact) mass is 356 g/mol. The van der Waals surface area contributed by atoms with Crippen LogP contribution in [0.5, 0.6) is 0 Å². The topological polar surface area (TPSA) is 44.1 Å². The first-order chi connectivity index (χ1) is 9.51. The maximum Gasteiger partial charge on any atom is 0.338 e. The lowest BCUT2D eigenvalue weighted by atomic mass is 10.1. The van der Waals surface area contributed by atoms with Crippen molar-refractivity contribution in [1.29, 1.82) is 0 Å². The highest BCUT2D eigenvalue weighted by Crippen LogP contribution is 2.21. The number of carbonyl (C=O) groups excluding carboxylic acids is 1. The zero-order chi connectivity index (χ0) is 14.7. The van der Waals surface area contributed by atoms with E-state index in [0.717, 1.165) is 16.0 Å². The number of nitrogens with zero attached hydrogens (tertiary/aromatic N) is 2. The van der Waals surface area contributed by atoms with Crippen LogP contribution in [0.15, 0.2) is 29.0 Å². The van der Waals surface area contributed by atoms with Crippen molar-refractivity contribution < 1.29 is 9.53 Å². The van der Waals surface area contributed by atoms with Gasteiger partial charge in [0.25, 0.3) is 0 Å². The van der Waals surface area contributed by atoms with Gasteiger partial charge < -0.3 is 9.30 Å². The third-order valence-electron chi connectivity index (χ3n) is 2.85. The van der Waals surface area contributed by atoms with Gasteiger partial charge >= 0.3 is 5.97 Å². The number of ether oxygens (including phenoxy) is 1. The summed E-state index contributed by atoms with van der Waals surface area (Å²) in [6.07, 6.45) is 1.89. The van der Waals surface area contributed by atoms with Gasteiger partial charge in [-0.1, -0.05) is 17.7 Å². The second-order valence-corrected chi connectivity index (χ2v) is 5.49. The number of imidazole rings is 1. The van der Waals surface area contributed by atoms with Crippen LogP contribution in [0.25, 0.3) is 0 Å². The predicted molar refractivity (Wildman–Crippen MR) is 81.2 cm³/mol. The van der Waals surface area contributed by atoms with Crippen molar-refractivity contribution in [3.8, 4) is 0 Å². The molecule has 0 radical (unpaired) electrons. The molecular weight excluding hydrogens is 344 g/mol. The van der Waals surface area contributed by atoms with Gasteiger partial charge in [-0.05, 0) is 47.5 Å². The molecule has 1 aromatic carbocycles. The van der Waals surface area contributed by atoms with E-state index in [0.29, 0.717) is 23.7 Å². The van der Waals surface area contributed by atoms with Crippen LogP contribution in [-0.4, -0.2) is 22.1 Å². The lowest BCUT2D eigenvalue weighted by molar-refractivity contribution is 0.0526. The molecule has 0 bridgehead atoms. The molecule has 2 rings (SSSR count). The Morgan fingerprint density at radius 2 is 2.25 bits per heavy atom. The fraction of sp³-hybridized carbons (Fsp3) is 0.286. The summed E-state index contributed by atoms with van der Waals surface area (Å²) in [4.78, 5) is 15.9. The molecule has 0 N–H and O–H groups in total. The van der Waals surface area contributed by atoms with E-state index in [2.05, 4.69) is 20.9 Å². The summed E-state index contributed by atoms with van der Waals surface area (Å²) in [6, 6.07) is 5.19. The lowest BCUT2D eigenvalue weighted by Crippen LogP contribution is -2.06. The van der Waals surface area contributed by atoms with E-state index in [9.17, 15) is 4.79 Å². The number of esters is 1. The van der Waals surface area contributed by atoms with E-state index < -0.39 is 0 Å². The van der Waals surface area contributed by atoms with Gasteiger partial charge in [-0.15, -0.1) is 0 Å². The standard InChI is InChI=1S/C14H14BrClN2O2/c1-3-20-14(19)10-4-5-11(12(16)6-10)7-18-8-13(15)17-9(18)2/h4-6,8H,3,7H2,1-2H3. The summed E-state index contributed by atoms with van der Waals surface area (Å²) in [5.41, 5.74) is 1.39. The van der Waals surface area contributed by atoms with Crippen molar-refractivity contribution in [1.82, 2.24) is 9.55 Å². The minimum atomic E-state index is -0.359. The minimum absolute atomic E-state index is 0.348. The van der Waals surface area contributed by atoms with Crippen LogP contribution in [0.1, 0.15) is 28.7 Å². The molecule has 106 valence electrons. The molecule has 0 saturated carbocycles. The highest BCUT2D eigenvalue weighted by molar-refractivity contribution is 9.10. The van der Waals surface area contributed by atoms with Crippen LogP contribution in [0, 0.1) is 6.92 Å². The number of benzene rings is 1. The summed E-state index contributed by atoms with van der Waals surface area (Å²) < 4.78 is 7.71. The molecule has 0 atom stereocenters. The summed E-state index contributed by atoms with van der Waals surface area (Å²) in [6.45, 7) is 4.64. The van der Waals surface area contributed by atoms with Gasteiger partial charge in [0.15, 0.2) is 0 Å². The Hall–Kier alpha value is -1.33. The molecule has 0 aliphatic heterocycles. The van der Waals surface area contributed by atoms with E-state index in [1.54, 1.807) is 19.1 Å². The molecule has 0 amide bonds. The highest BCUT2D eigenvalue weighted by Gasteiger charge is 2.11. The Labute approximate surface area is 130 Å². The first kappa shape index (κ1) is 15.1. The van der Waals surface area contributed by atoms with Crippen LogP contribution in [0.4, 0.5) is 0 Å². The Morgan fingerprint density at radius 3 is 2.80 bits per heavy atom. The van der Waals surface area contributed by atoms with Gasteiger partial charge in [0.1, 0.15) is 10.4 Å². The van der Waals surface area contributed by atoms with Gasteiger partial charge in [0, 0.05) is 11.2 Å². The van der Waals surface area contributed by atoms with E-state index in [-0.39, 0.29) is 5.97 Å². The summed E-state index contributed by atoms with van der Waals surface area (Å²) >= 11 is 9.57. The van der Waals surface area contributed by atoms with E-state index in [1.165, 1.54) is 0 Å². The molecule has 0 spiro atoms. The second-order valence-electron chi connectivity index (χ2n) is 4.27. The minimum Gasteiger partial charge on any atom is -0.462 e. The molecule has 1 aromatic heterocycles. The van der Waals surface area contributed by atoms with Gasteiger partial charge in [-0.3, -0.25) is 0 Å². The van der Waals surface area contributed by atoms with Gasteiger partial charge in [0.05, 0.1) is 18.7 Å². The predicted octanol–water partition coefficient (Wildman–Crippen LogP) is 3.83. The molecule has 0 aliphatic rings. The third kappa shape index (κ3) is 3.41. The molecule has 0 unspecified atom stereocenters. The quantitative estimate of drug-likeness (QED) is 0.781. The number of hydrogen-bond acceptors (Lipinski definition) is 3. The smallest absolute Gasteiger partial charge is 0.338 e. The molecule has 0 aliphatic carbocycles. The Balaban J connectivity index is 2.22. The molecule has 4 nitrogen and oxygen atoms in total. The fourth-order valence-electron chi connectivity index (χ4n) is 1.83. The van der Waals surface area contributed by atoms with Crippen molar-refractivity contribution in [3.63, 3.8) is 0 Å². The first-order valence-electron chi connectivity index (χ1n) is 6.16. The van der Waals surface area contributed by atoms with E-state index in [1.807, 2.05) is 23.8 Å². The number of halogens is 2. The molecular formula is C14H14BrClN2O2. The van der Waals surface area contributed by atoms with Gasteiger partial charge in [-0.25, -0.2) is 9.78 Å². The van der Waals surface area contributed by atoms with Gasteiger partial charge in [0.2, 0.25) is 0 Å².